The van der Waals surface area contributed by atoms with Crippen LogP contribution in [0.5, 0.6) is 0 Å². The van der Waals surface area contributed by atoms with Gasteiger partial charge in [0, 0.05) is 12.8 Å². The summed E-state index contributed by atoms with van der Waals surface area (Å²) >= 11 is 0. The number of allylic oxidation sites excluding steroid dienone is 23. The average molecular weight is 1130 g/mol. The third-order valence-electron chi connectivity index (χ3n) is 14.1. The molecule has 0 aliphatic rings. The highest BCUT2D eigenvalue weighted by atomic mass is 16.6. The minimum absolute atomic E-state index is 0.110. The molecule has 1 atom stereocenters. The molecule has 6 nitrogen and oxygen atoms in total. The van der Waals surface area contributed by atoms with Gasteiger partial charge >= 0.3 is 17.9 Å². The van der Waals surface area contributed by atoms with Crippen molar-refractivity contribution in [2.75, 3.05) is 13.2 Å². The largest absolute Gasteiger partial charge is 0.462 e. The van der Waals surface area contributed by atoms with Crippen molar-refractivity contribution in [3.8, 4) is 0 Å². The Labute approximate surface area is 506 Å². The summed E-state index contributed by atoms with van der Waals surface area (Å²) in [5, 5.41) is 0. The van der Waals surface area contributed by atoms with E-state index in [0.29, 0.717) is 12.8 Å². The van der Waals surface area contributed by atoms with Gasteiger partial charge in [0.1, 0.15) is 13.2 Å². The Bertz CT molecular complexity index is 1780. The number of carbonyl (C=O) groups is 3. The van der Waals surface area contributed by atoms with Gasteiger partial charge in [-0.25, -0.2) is 0 Å². The number of hydrogen-bond acceptors (Lipinski definition) is 6. The maximum Gasteiger partial charge on any atom is 0.309 e. The summed E-state index contributed by atoms with van der Waals surface area (Å²) in [6.07, 6.45) is 99.1. The maximum atomic E-state index is 12.9. The molecule has 0 saturated carbocycles. The van der Waals surface area contributed by atoms with Crippen LogP contribution in [0, 0.1) is 0 Å². The number of esters is 3. The zero-order valence-corrected chi connectivity index (χ0v) is 53.2. The minimum atomic E-state index is -0.855. The molecular formula is C76H124O6. The number of rotatable bonds is 60. The lowest BCUT2D eigenvalue weighted by atomic mass is 10.0. The SMILES string of the molecule is CC/C=C\C/C=C\C/C=C\C/C=C\C/C=C\C/C=C\C/C=C\CCCC(=O)OC(COC(=O)C/C=C\C/C=C\C/C=C\C/C=C\C/C=C\CC)COC(=O)CCCCCCCCCCCCCCCCCCCCCCCCCCCC. The van der Waals surface area contributed by atoms with Gasteiger partial charge in [-0.05, 0) is 96.3 Å². The molecule has 0 amide bonds. The predicted molar refractivity (Wildman–Crippen MR) is 357 cm³/mol. The van der Waals surface area contributed by atoms with Gasteiger partial charge in [0.2, 0.25) is 0 Å². The van der Waals surface area contributed by atoms with Gasteiger partial charge in [-0.1, -0.05) is 327 Å². The molecule has 0 rings (SSSR count). The highest BCUT2D eigenvalue weighted by Crippen LogP contribution is 2.17. The maximum absolute atomic E-state index is 12.9. The topological polar surface area (TPSA) is 78.9 Å². The van der Waals surface area contributed by atoms with Crippen molar-refractivity contribution in [2.45, 2.75) is 303 Å². The van der Waals surface area contributed by atoms with Gasteiger partial charge in [-0.2, -0.15) is 0 Å². The van der Waals surface area contributed by atoms with Gasteiger partial charge in [0.25, 0.3) is 0 Å². The van der Waals surface area contributed by atoms with Gasteiger partial charge < -0.3 is 14.2 Å². The molecule has 0 aromatic carbocycles. The van der Waals surface area contributed by atoms with Crippen molar-refractivity contribution < 1.29 is 28.6 Å². The van der Waals surface area contributed by atoms with Crippen LogP contribution in [-0.4, -0.2) is 37.2 Å². The molecule has 0 aliphatic carbocycles. The highest BCUT2D eigenvalue weighted by Gasteiger charge is 2.19. The average Bonchev–Trinajstić information content (AvgIpc) is 3.47. The quantitative estimate of drug-likeness (QED) is 0.0261. The van der Waals surface area contributed by atoms with E-state index in [1.807, 2.05) is 6.08 Å². The Morgan fingerprint density at radius 2 is 0.524 bits per heavy atom. The molecule has 0 bridgehead atoms. The molecule has 0 aliphatic heterocycles. The van der Waals surface area contributed by atoms with Crippen LogP contribution in [0.4, 0.5) is 0 Å². The fourth-order valence-electron chi connectivity index (χ4n) is 9.15. The molecule has 82 heavy (non-hydrogen) atoms. The first kappa shape index (κ1) is 77.3. The van der Waals surface area contributed by atoms with E-state index in [4.69, 9.17) is 14.2 Å². The zero-order chi connectivity index (χ0) is 59.2. The first-order chi connectivity index (χ1) is 40.5. The predicted octanol–water partition coefficient (Wildman–Crippen LogP) is 23.5. The normalized spacial score (nSPS) is 13.1. The third-order valence-corrected chi connectivity index (χ3v) is 14.1. The second-order valence-corrected chi connectivity index (χ2v) is 22.0. The van der Waals surface area contributed by atoms with E-state index in [1.54, 1.807) is 6.08 Å². The van der Waals surface area contributed by atoms with Gasteiger partial charge in [-0.3, -0.25) is 14.4 Å². The summed E-state index contributed by atoms with van der Waals surface area (Å²) in [7, 11) is 0. The smallest absolute Gasteiger partial charge is 0.309 e. The zero-order valence-electron chi connectivity index (χ0n) is 53.2. The van der Waals surface area contributed by atoms with Crippen LogP contribution in [0.15, 0.2) is 146 Å². The van der Waals surface area contributed by atoms with E-state index in [-0.39, 0.29) is 32.0 Å². The number of unbranched alkanes of at least 4 members (excludes halogenated alkanes) is 26. The summed E-state index contributed by atoms with van der Waals surface area (Å²) in [5.41, 5.74) is 0. The molecule has 0 radical (unpaired) electrons. The van der Waals surface area contributed by atoms with Gasteiger partial charge in [0.05, 0.1) is 6.42 Å². The molecular weight excluding hydrogens is 1010 g/mol. The summed E-state index contributed by atoms with van der Waals surface area (Å²) in [5.74, 6) is -1.13. The van der Waals surface area contributed by atoms with Crippen LogP contribution >= 0.6 is 0 Å². The van der Waals surface area contributed by atoms with Crippen LogP contribution in [0.25, 0.3) is 0 Å². The second kappa shape index (κ2) is 68.8. The monoisotopic (exact) mass is 1130 g/mol. The number of carbonyl (C=O) groups excluding carboxylic acids is 3. The summed E-state index contributed by atoms with van der Waals surface area (Å²) in [6.45, 7) is 6.30. The van der Waals surface area contributed by atoms with E-state index < -0.39 is 18.0 Å². The molecule has 1 unspecified atom stereocenters. The lowest BCUT2D eigenvalue weighted by molar-refractivity contribution is -0.166. The van der Waals surface area contributed by atoms with Crippen LogP contribution in [0.3, 0.4) is 0 Å². The standard InChI is InChI=1S/C76H124O6/c1-4-7-10-13-16-19-22-25-28-30-32-34-36-37-38-40-41-43-45-48-51-54-57-60-63-66-69-75(78)81-72-73(71-80-74(77)68-65-62-59-56-53-50-47-27-24-21-18-15-12-9-6-3)82-76(79)70-67-64-61-58-55-52-49-46-44-42-39-35-33-31-29-26-23-20-17-14-11-8-5-2/h8-9,11-12,17-18,20-21,26-27,29,33,35,42,44,47,49,52-53,56,58,61-62,65,73H,4-7,10,13-16,19,22-25,28,30-32,34,36-41,43,45-46,48,50-51,54-55,57,59-60,63-64,66-72H2,1-3H3/b11-8-,12-9-,20-17-,21-18-,29-26-,35-33-,44-42-,47-27-,52-49-,56-53-,61-58-,65-62-. The molecule has 6 heteroatoms. The Balaban J connectivity index is 4.47. The van der Waals surface area contributed by atoms with Gasteiger partial charge in [0.15, 0.2) is 6.10 Å². The Kier molecular flexibility index (Phi) is 64.8. The molecule has 0 aromatic heterocycles. The van der Waals surface area contributed by atoms with Crippen molar-refractivity contribution in [3.63, 3.8) is 0 Å². The first-order valence-corrected chi connectivity index (χ1v) is 33.8. The van der Waals surface area contributed by atoms with Crippen molar-refractivity contribution in [3.05, 3.63) is 146 Å². The molecule has 0 spiro atoms. The second-order valence-electron chi connectivity index (χ2n) is 22.0. The Hall–Kier alpha value is -4.71. The van der Waals surface area contributed by atoms with Crippen molar-refractivity contribution in [1.82, 2.24) is 0 Å². The van der Waals surface area contributed by atoms with Crippen LogP contribution in [-0.2, 0) is 28.6 Å². The van der Waals surface area contributed by atoms with E-state index in [0.717, 1.165) is 103 Å². The first-order valence-electron chi connectivity index (χ1n) is 33.8. The van der Waals surface area contributed by atoms with Crippen LogP contribution < -0.4 is 0 Å². The number of hydrogen-bond donors (Lipinski definition) is 0. The van der Waals surface area contributed by atoms with Crippen molar-refractivity contribution in [1.29, 1.82) is 0 Å². The minimum Gasteiger partial charge on any atom is -0.462 e. The molecule has 464 valence electrons. The van der Waals surface area contributed by atoms with Crippen LogP contribution in [0.2, 0.25) is 0 Å². The summed E-state index contributed by atoms with van der Waals surface area (Å²) < 4.78 is 16.8. The van der Waals surface area contributed by atoms with Crippen molar-refractivity contribution in [2.24, 2.45) is 0 Å². The molecule has 0 heterocycles. The Morgan fingerprint density at radius 3 is 0.841 bits per heavy atom. The van der Waals surface area contributed by atoms with Crippen LogP contribution in [0.1, 0.15) is 297 Å². The molecule has 0 aromatic rings. The van der Waals surface area contributed by atoms with Crippen molar-refractivity contribution >= 4 is 17.9 Å². The lowest BCUT2D eigenvalue weighted by Crippen LogP contribution is -2.30. The van der Waals surface area contributed by atoms with E-state index in [1.165, 1.54) is 148 Å². The van der Waals surface area contributed by atoms with E-state index >= 15 is 0 Å². The fourth-order valence-corrected chi connectivity index (χ4v) is 9.15. The molecule has 0 saturated heterocycles. The lowest BCUT2D eigenvalue weighted by Gasteiger charge is -2.18. The van der Waals surface area contributed by atoms with Gasteiger partial charge in [-0.15, -0.1) is 0 Å². The molecule has 0 N–H and O–H groups in total. The van der Waals surface area contributed by atoms with E-state index in [9.17, 15) is 14.4 Å². The third kappa shape index (κ3) is 66.1. The fraction of sp³-hybridized carbons (Fsp3) is 0.645. The summed E-state index contributed by atoms with van der Waals surface area (Å²) in [4.78, 5) is 38.3. The number of ether oxygens (including phenoxy) is 3. The highest BCUT2D eigenvalue weighted by molar-refractivity contribution is 5.72. The van der Waals surface area contributed by atoms with E-state index in [2.05, 4.69) is 154 Å². The summed E-state index contributed by atoms with van der Waals surface area (Å²) in [6, 6.07) is 0. The molecule has 0 fully saturated rings. The Morgan fingerprint density at radius 1 is 0.268 bits per heavy atom.